The number of ether oxygens (including phenoxy) is 1. The van der Waals surface area contributed by atoms with Gasteiger partial charge in [-0.25, -0.2) is 28.1 Å². The average Bonchev–Trinajstić information content (AvgIpc) is 3.44. The zero-order chi connectivity index (χ0) is 22.2. The van der Waals surface area contributed by atoms with E-state index in [1.165, 1.54) is 18.2 Å². The highest BCUT2D eigenvalue weighted by Gasteiger charge is 2.63. The van der Waals surface area contributed by atoms with E-state index in [1.54, 1.807) is 20.0 Å². The van der Waals surface area contributed by atoms with E-state index in [9.17, 15) is 18.0 Å². The quantitative estimate of drug-likeness (QED) is 0.736. The summed E-state index contributed by atoms with van der Waals surface area (Å²) in [6, 6.07) is 2.54. The first-order valence-electron chi connectivity index (χ1n) is 9.86. The van der Waals surface area contributed by atoms with Crippen molar-refractivity contribution in [1.82, 2.24) is 15.0 Å². The van der Waals surface area contributed by atoms with Crippen LogP contribution in [0.3, 0.4) is 0 Å². The molecule has 1 N–H and O–H groups in total. The molecule has 1 fully saturated rings. The minimum atomic E-state index is -0.801. The maximum atomic E-state index is 14.0. The summed E-state index contributed by atoms with van der Waals surface area (Å²) in [5.41, 5.74) is -0.166. The highest BCUT2D eigenvalue weighted by Crippen LogP contribution is 2.61. The summed E-state index contributed by atoms with van der Waals surface area (Å²) < 4.78 is 47.0. The Labute approximate surface area is 177 Å². The van der Waals surface area contributed by atoms with Gasteiger partial charge in [0, 0.05) is 23.8 Å². The van der Waals surface area contributed by atoms with Crippen LogP contribution in [0.1, 0.15) is 24.4 Å². The van der Waals surface area contributed by atoms with Crippen LogP contribution in [0.15, 0.2) is 48.3 Å². The lowest BCUT2D eigenvalue weighted by Gasteiger charge is -2.27. The number of carbonyl (C=O) groups excluding carboxylic acids is 1. The second kappa shape index (κ2) is 8.13. The molecular weight excluding hydrogens is 409 g/mol. The molecule has 0 radical (unpaired) electrons. The van der Waals surface area contributed by atoms with E-state index in [0.29, 0.717) is 23.7 Å². The molecule has 1 unspecified atom stereocenters. The van der Waals surface area contributed by atoms with Gasteiger partial charge in [-0.3, -0.25) is 4.79 Å². The van der Waals surface area contributed by atoms with Crippen molar-refractivity contribution >= 4 is 11.7 Å². The molecule has 1 amide bonds. The van der Waals surface area contributed by atoms with Crippen molar-refractivity contribution in [2.75, 3.05) is 11.9 Å². The summed E-state index contributed by atoms with van der Waals surface area (Å²) in [5.74, 6) is -1.98. The van der Waals surface area contributed by atoms with Crippen LogP contribution in [0.5, 0.6) is 5.75 Å². The zero-order valence-corrected chi connectivity index (χ0v) is 17.0. The molecule has 9 heteroatoms. The van der Waals surface area contributed by atoms with Crippen LogP contribution in [0.4, 0.5) is 19.0 Å². The Kier molecular flexibility index (Phi) is 5.51. The maximum absolute atomic E-state index is 14.0. The van der Waals surface area contributed by atoms with E-state index < -0.39 is 34.7 Å². The third-order valence-electron chi connectivity index (χ3n) is 5.77. The normalized spacial score (nSPS) is 24.8. The third-order valence-corrected chi connectivity index (χ3v) is 5.77. The minimum absolute atomic E-state index is 0.0151. The Balaban J connectivity index is 1.55. The van der Waals surface area contributed by atoms with E-state index in [1.807, 2.05) is 0 Å². The van der Waals surface area contributed by atoms with Gasteiger partial charge in [-0.1, -0.05) is 0 Å². The summed E-state index contributed by atoms with van der Waals surface area (Å²) in [7, 11) is 0. The lowest BCUT2D eigenvalue weighted by Crippen LogP contribution is -2.30. The molecule has 0 aliphatic heterocycles. The molecule has 2 heterocycles. The van der Waals surface area contributed by atoms with Crippen molar-refractivity contribution in [2.45, 2.75) is 26.7 Å². The molecule has 0 spiro atoms. The van der Waals surface area contributed by atoms with Crippen LogP contribution >= 0.6 is 0 Å². The molecule has 2 aliphatic rings. The number of aromatic nitrogens is 3. The van der Waals surface area contributed by atoms with Gasteiger partial charge in [0.2, 0.25) is 5.91 Å². The molecule has 0 bridgehead atoms. The molecule has 0 saturated heterocycles. The molecule has 162 valence electrons. The van der Waals surface area contributed by atoms with Gasteiger partial charge in [0.15, 0.2) is 5.75 Å². The third kappa shape index (κ3) is 4.45. The van der Waals surface area contributed by atoms with Gasteiger partial charge in [0.1, 0.15) is 29.1 Å². The fourth-order valence-corrected chi connectivity index (χ4v) is 4.03. The van der Waals surface area contributed by atoms with Crippen LogP contribution in [0.25, 0.3) is 0 Å². The summed E-state index contributed by atoms with van der Waals surface area (Å²) in [6.07, 6.45) is 5.10. The number of hydrogen-bond acceptors (Lipinski definition) is 5. The number of carbonyl (C=O) groups is 1. The van der Waals surface area contributed by atoms with Crippen LogP contribution in [0, 0.1) is 36.9 Å². The van der Waals surface area contributed by atoms with E-state index in [4.69, 9.17) is 4.74 Å². The van der Waals surface area contributed by atoms with E-state index in [-0.39, 0.29) is 24.8 Å². The predicted octanol–water partition coefficient (Wildman–Crippen LogP) is 4.38. The predicted molar refractivity (Wildman–Crippen MR) is 107 cm³/mol. The Morgan fingerprint density at radius 1 is 1.23 bits per heavy atom. The number of anilines is 1. The number of nitrogens with one attached hydrogen (secondary N) is 1. The van der Waals surface area contributed by atoms with Gasteiger partial charge in [0.05, 0.1) is 24.7 Å². The van der Waals surface area contributed by atoms with Gasteiger partial charge >= 0.3 is 0 Å². The van der Waals surface area contributed by atoms with Crippen molar-refractivity contribution in [3.63, 3.8) is 0 Å². The topological polar surface area (TPSA) is 77.0 Å². The number of nitrogens with zero attached hydrogens (tertiary/aromatic N) is 3. The second-order valence-corrected chi connectivity index (χ2v) is 7.95. The van der Waals surface area contributed by atoms with Crippen LogP contribution in [-0.4, -0.2) is 27.5 Å². The smallest absolute Gasteiger partial charge is 0.229 e. The van der Waals surface area contributed by atoms with Crippen molar-refractivity contribution in [3.8, 4) is 5.75 Å². The molecule has 6 nitrogen and oxygen atoms in total. The first-order chi connectivity index (χ1) is 14.8. The highest BCUT2D eigenvalue weighted by molar-refractivity contribution is 5.94. The summed E-state index contributed by atoms with van der Waals surface area (Å²) in [6.45, 7) is 3.60. The van der Waals surface area contributed by atoms with Gasteiger partial charge in [-0.15, -0.1) is 0 Å². The molecule has 4 rings (SSSR count). The molecule has 31 heavy (non-hydrogen) atoms. The molecule has 2 aromatic rings. The Bertz CT molecular complexity index is 1070. The van der Waals surface area contributed by atoms with Crippen LogP contribution in [0.2, 0.25) is 0 Å². The summed E-state index contributed by atoms with van der Waals surface area (Å²) >= 11 is 0. The zero-order valence-electron chi connectivity index (χ0n) is 17.0. The van der Waals surface area contributed by atoms with Crippen LogP contribution < -0.4 is 10.1 Å². The average molecular weight is 430 g/mol. The van der Waals surface area contributed by atoms with Crippen molar-refractivity contribution in [3.05, 3.63) is 65.7 Å². The minimum Gasteiger partial charge on any atom is -0.489 e. The SMILES string of the molecule is Cc1ncc(OC[C@@]2(C3C=C(F)C=C(F)C3)C[C@H]2C(=O)Nc2ccc(F)cn2)c(C)n1. The number of pyridine rings is 1. The highest BCUT2D eigenvalue weighted by atomic mass is 19.1. The van der Waals surface area contributed by atoms with Crippen LogP contribution in [-0.2, 0) is 4.79 Å². The summed E-state index contributed by atoms with van der Waals surface area (Å²) in [4.78, 5) is 25.1. The Morgan fingerprint density at radius 3 is 2.71 bits per heavy atom. The van der Waals surface area contributed by atoms with Gasteiger partial charge in [0.25, 0.3) is 0 Å². The fourth-order valence-electron chi connectivity index (χ4n) is 4.03. The molecular formula is C22H21F3N4O2. The van der Waals surface area contributed by atoms with Gasteiger partial charge < -0.3 is 10.1 Å². The van der Waals surface area contributed by atoms with Gasteiger partial charge in [-0.2, -0.15) is 0 Å². The lowest BCUT2D eigenvalue weighted by molar-refractivity contribution is -0.118. The van der Waals surface area contributed by atoms with Gasteiger partial charge in [-0.05, 0) is 44.4 Å². The number of hydrogen-bond donors (Lipinski definition) is 1. The number of halogens is 3. The lowest BCUT2D eigenvalue weighted by atomic mass is 9.82. The fraction of sp³-hybridized carbons (Fsp3) is 0.364. The Morgan fingerprint density at radius 2 is 2.03 bits per heavy atom. The Hall–Kier alpha value is -3.23. The first-order valence-corrected chi connectivity index (χ1v) is 9.86. The monoisotopic (exact) mass is 430 g/mol. The van der Waals surface area contributed by atoms with Crippen molar-refractivity contribution in [2.24, 2.45) is 17.3 Å². The molecule has 2 aromatic heterocycles. The van der Waals surface area contributed by atoms with E-state index >= 15 is 0 Å². The standard InChI is InChI=1S/C22H21F3N4O2/c1-12-19(10-26-13(2)28-12)31-11-22(14-5-16(24)7-17(25)6-14)8-18(22)21(30)29-20-4-3-15(23)9-27-20/h3-5,7,9-10,14,18H,6,8,11H2,1-2H3,(H,27,29,30)/t14?,18-,22+/m0/s1. The van der Waals surface area contributed by atoms with E-state index in [2.05, 4.69) is 20.3 Å². The molecule has 3 atom stereocenters. The van der Waals surface area contributed by atoms with E-state index in [0.717, 1.165) is 12.3 Å². The molecule has 2 aliphatic carbocycles. The molecule has 1 saturated carbocycles. The second-order valence-electron chi connectivity index (χ2n) is 7.95. The first kappa shape index (κ1) is 21.0. The van der Waals surface area contributed by atoms with Crippen molar-refractivity contribution in [1.29, 1.82) is 0 Å². The number of rotatable bonds is 6. The number of amides is 1. The largest absolute Gasteiger partial charge is 0.489 e. The number of allylic oxidation sites excluding steroid dienone is 4. The summed E-state index contributed by atoms with van der Waals surface area (Å²) in [5, 5.41) is 2.64. The molecule has 0 aromatic carbocycles. The van der Waals surface area contributed by atoms with Crippen molar-refractivity contribution < 1.29 is 22.7 Å². The number of aryl methyl sites for hydroxylation is 2. The maximum Gasteiger partial charge on any atom is 0.229 e.